The highest BCUT2D eigenvalue weighted by atomic mass is 35.5. The third-order valence-electron chi connectivity index (χ3n) is 3.64. The lowest BCUT2D eigenvalue weighted by atomic mass is 9.81. The summed E-state index contributed by atoms with van der Waals surface area (Å²) in [5.41, 5.74) is 4.56. The van der Waals surface area contributed by atoms with E-state index in [1.54, 1.807) is 31.4 Å². The van der Waals surface area contributed by atoms with Crippen LogP contribution in [0.1, 0.15) is 25.7 Å². The summed E-state index contributed by atoms with van der Waals surface area (Å²) in [4.78, 5) is 11.4. The molecule has 0 fully saturated rings. The smallest absolute Gasteiger partial charge is 0.451 e. The Morgan fingerprint density at radius 2 is 1.75 bits per heavy atom. The zero-order valence-corrected chi connectivity index (χ0v) is 14.5. The number of hydrogen-bond donors (Lipinski definition) is 4. The van der Waals surface area contributed by atoms with Gasteiger partial charge in [0.25, 0.3) is 0 Å². The van der Waals surface area contributed by atoms with Crippen LogP contribution in [0.3, 0.4) is 0 Å². The molecule has 136 valence electrons. The van der Waals surface area contributed by atoms with Gasteiger partial charge < -0.3 is 30.4 Å². The van der Waals surface area contributed by atoms with Crippen LogP contribution in [0.5, 0.6) is 11.5 Å². The molecule has 1 unspecified atom stereocenters. The van der Waals surface area contributed by atoms with Gasteiger partial charge in [-0.05, 0) is 37.0 Å². The molecule has 1 rings (SSSR count). The lowest BCUT2D eigenvalue weighted by Gasteiger charge is -2.24. The van der Waals surface area contributed by atoms with Crippen molar-refractivity contribution in [1.29, 1.82) is 0 Å². The first-order valence-electron chi connectivity index (χ1n) is 7.52. The highest BCUT2D eigenvalue weighted by Gasteiger charge is 2.33. The molecule has 9 heteroatoms. The van der Waals surface area contributed by atoms with Gasteiger partial charge in [0.1, 0.15) is 17.0 Å². The molecule has 1 aromatic rings. The highest BCUT2D eigenvalue weighted by Crippen LogP contribution is 2.20. The van der Waals surface area contributed by atoms with Gasteiger partial charge in [0.05, 0.1) is 13.7 Å². The van der Waals surface area contributed by atoms with Crippen molar-refractivity contribution >= 4 is 25.5 Å². The van der Waals surface area contributed by atoms with Crippen LogP contribution in [0.25, 0.3) is 0 Å². The second-order valence-corrected chi connectivity index (χ2v) is 5.46. The van der Waals surface area contributed by atoms with Gasteiger partial charge in [-0.15, -0.1) is 12.4 Å². The summed E-state index contributed by atoms with van der Waals surface area (Å²) in [7, 11) is 0.201. The van der Waals surface area contributed by atoms with E-state index in [4.69, 9.17) is 25.3 Å². The molecule has 0 amide bonds. The topological polar surface area (TPSA) is 122 Å². The lowest BCUT2D eigenvalue weighted by molar-refractivity contribution is -0.144. The Bertz CT molecular complexity index is 487. The number of nitrogens with two attached hydrogens (primary N) is 1. The molecule has 0 aliphatic carbocycles. The van der Waals surface area contributed by atoms with Gasteiger partial charge in [0.15, 0.2) is 0 Å². The Kier molecular flexibility index (Phi) is 10.5. The average Bonchev–Trinajstić information content (AvgIpc) is 2.52. The van der Waals surface area contributed by atoms with Gasteiger partial charge in [0.2, 0.25) is 0 Å². The van der Waals surface area contributed by atoms with E-state index in [0.29, 0.717) is 24.3 Å². The van der Waals surface area contributed by atoms with Gasteiger partial charge >= 0.3 is 13.1 Å². The third-order valence-corrected chi connectivity index (χ3v) is 3.64. The number of carboxylic acids is 1. The summed E-state index contributed by atoms with van der Waals surface area (Å²) in [6.07, 6.45) is 1.63. The first-order chi connectivity index (χ1) is 10.9. The van der Waals surface area contributed by atoms with Crippen molar-refractivity contribution < 1.29 is 29.4 Å². The van der Waals surface area contributed by atoms with Gasteiger partial charge in [-0.1, -0.05) is 12.8 Å². The van der Waals surface area contributed by atoms with Crippen LogP contribution in [0.15, 0.2) is 24.3 Å². The van der Waals surface area contributed by atoms with Gasteiger partial charge in [-0.3, -0.25) is 4.79 Å². The molecule has 7 nitrogen and oxygen atoms in total. The van der Waals surface area contributed by atoms with E-state index in [2.05, 4.69) is 0 Å². The second-order valence-electron chi connectivity index (χ2n) is 5.46. The molecule has 0 spiro atoms. The van der Waals surface area contributed by atoms with Crippen molar-refractivity contribution in [3.05, 3.63) is 24.3 Å². The highest BCUT2D eigenvalue weighted by molar-refractivity contribution is 6.40. The fourth-order valence-corrected chi connectivity index (χ4v) is 2.13. The largest absolute Gasteiger partial charge is 0.497 e. The number of unbranched alkanes of at least 4 members (excludes halogenated alkanes) is 1. The maximum atomic E-state index is 11.4. The minimum Gasteiger partial charge on any atom is -0.497 e. The monoisotopic (exact) mass is 361 g/mol. The van der Waals surface area contributed by atoms with Crippen molar-refractivity contribution in [1.82, 2.24) is 0 Å². The maximum absolute atomic E-state index is 11.4. The van der Waals surface area contributed by atoms with E-state index in [1.165, 1.54) is 0 Å². The number of carbonyl (C=O) groups is 1. The molecule has 0 aromatic heterocycles. The predicted octanol–water partition coefficient (Wildman–Crippen LogP) is 1.31. The summed E-state index contributed by atoms with van der Waals surface area (Å²) in [5.74, 6) is 0.240. The summed E-state index contributed by atoms with van der Waals surface area (Å²) >= 11 is 0. The Labute approximate surface area is 148 Å². The van der Waals surface area contributed by atoms with Crippen LogP contribution in [0, 0.1) is 0 Å². The minimum atomic E-state index is -1.38. The fraction of sp³-hybridized carbons (Fsp3) is 0.533. The van der Waals surface area contributed by atoms with Gasteiger partial charge in [0, 0.05) is 6.42 Å². The first-order valence-corrected chi connectivity index (χ1v) is 7.52. The molecule has 1 aromatic carbocycles. The van der Waals surface area contributed by atoms with E-state index in [9.17, 15) is 9.90 Å². The molecule has 0 bridgehead atoms. The molecule has 0 radical (unpaired) electrons. The lowest BCUT2D eigenvalue weighted by Crippen LogP contribution is -2.49. The predicted molar refractivity (Wildman–Crippen MR) is 93.8 cm³/mol. The molecule has 0 heterocycles. The first kappa shape index (κ1) is 22.5. The number of benzene rings is 1. The van der Waals surface area contributed by atoms with Crippen LogP contribution < -0.4 is 15.2 Å². The number of hydrogen-bond acceptors (Lipinski definition) is 6. The molecule has 0 saturated carbocycles. The third kappa shape index (κ3) is 7.87. The van der Waals surface area contributed by atoms with Gasteiger partial charge in [-0.25, -0.2) is 0 Å². The van der Waals surface area contributed by atoms with Crippen molar-refractivity contribution in [2.75, 3.05) is 13.7 Å². The van der Waals surface area contributed by atoms with E-state index in [0.717, 1.165) is 0 Å². The van der Waals surface area contributed by atoms with Crippen molar-refractivity contribution in [3.8, 4) is 11.5 Å². The van der Waals surface area contributed by atoms with E-state index in [1.807, 2.05) is 0 Å². The van der Waals surface area contributed by atoms with Crippen LogP contribution in [0.4, 0.5) is 0 Å². The average molecular weight is 362 g/mol. The second kappa shape index (κ2) is 11.1. The molecular weight excluding hydrogens is 336 g/mol. The summed E-state index contributed by atoms with van der Waals surface area (Å²) in [6, 6.07) is 6.98. The molecular formula is C15H25BClNO6. The van der Waals surface area contributed by atoms with Crippen molar-refractivity contribution in [3.63, 3.8) is 0 Å². The maximum Gasteiger partial charge on any atom is 0.451 e. The molecule has 24 heavy (non-hydrogen) atoms. The standard InChI is InChI=1S/C15H24BNO6.ClH/c1-22-12-4-6-13(7-5-12)23-11-9-15(17,14(18)19)8-2-3-10-16(20)21;/h4-7,20-21H,2-3,8-11,17H2,1H3,(H,18,19);1H. The zero-order chi connectivity index (χ0) is 17.3. The Morgan fingerprint density at radius 3 is 2.25 bits per heavy atom. The van der Waals surface area contributed by atoms with Gasteiger partial charge in [-0.2, -0.15) is 0 Å². The minimum absolute atomic E-state index is 0. The van der Waals surface area contributed by atoms with E-state index in [-0.39, 0.29) is 38.2 Å². The number of ether oxygens (including phenoxy) is 2. The molecule has 0 saturated heterocycles. The number of methoxy groups -OCH3 is 1. The molecule has 5 N–H and O–H groups in total. The number of aliphatic carboxylic acids is 1. The summed E-state index contributed by atoms with van der Waals surface area (Å²) in [5, 5.41) is 26.9. The number of carboxylic acid groups (broad SMARTS) is 1. The van der Waals surface area contributed by atoms with Crippen molar-refractivity contribution in [2.45, 2.75) is 37.5 Å². The Morgan fingerprint density at radius 1 is 1.17 bits per heavy atom. The van der Waals surface area contributed by atoms with Crippen LogP contribution in [-0.4, -0.2) is 47.5 Å². The Balaban J connectivity index is 0.00000529. The number of halogens is 1. The van der Waals surface area contributed by atoms with E-state index < -0.39 is 18.6 Å². The molecule has 1 atom stereocenters. The van der Waals surface area contributed by atoms with E-state index >= 15 is 0 Å². The Hall–Kier alpha value is -1.48. The van der Waals surface area contributed by atoms with Crippen LogP contribution >= 0.6 is 12.4 Å². The van der Waals surface area contributed by atoms with Crippen LogP contribution in [-0.2, 0) is 4.79 Å². The SMILES string of the molecule is COc1ccc(OCCC(N)(CCCCB(O)O)C(=O)O)cc1.Cl. The molecule has 0 aliphatic heterocycles. The summed E-state index contributed by atoms with van der Waals surface area (Å²) < 4.78 is 10.6. The fourth-order valence-electron chi connectivity index (χ4n) is 2.13. The summed E-state index contributed by atoms with van der Waals surface area (Å²) in [6.45, 7) is 0.178. The van der Waals surface area contributed by atoms with Crippen molar-refractivity contribution in [2.24, 2.45) is 5.73 Å². The number of rotatable bonds is 11. The zero-order valence-electron chi connectivity index (χ0n) is 13.7. The van der Waals surface area contributed by atoms with Crippen LogP contribution in [0.2, 0.25) is 6.32 Å². The normalized spacial score (nSPS) is 12.7. The molecule has 0 aliphatic rings. The quantitative estimate of drug-likeness (QED) is 0.346.